The van der Waals surface area contributed by atoms with Crippen molar-refractivity contribution in [3.05, 3.63) is 59.9 Å². The van der Waals surface area contributed by atoms with Crippen LogP contribution in [-0.2, 0) is 6.42 Å². The first-order valence-corrected chi connectivity index (χ1v) is 8.14. The summed E-state index contributed by atoms with van der Waals surface area (Å²) in [5.41, 5.74) is 4.03. The topological polar surface area (TPSA) is 61.0 Å². The highest BCUT2D eigenvalue weighted by atomic mass is 16.2. The van der Waals surface area contributed by atoms with E-state index in [4.69, 9.17) is 0 Å². The molecular weight excluding hydrogens is 300 g/mol. The molecule has 0 spiro atoms. The van der Waals surface area contributed by atoms with Crippen LogP contribution in [0.3, 0.4) is 0 Å². The quantitative estimate of drug-likeness (QED) is 0.746. The molecule has 124 valence electrons. The van der Waals surface area contributed by atoms with Crippen molar-refractivity contribution in [2.45, 2.75) is 19.8 Å². The van der Waals surface area contributed by atoms with Gasteiger partial charge in [0.1, 0.15) is 5.82 Å². The Morgan fingerprint density at radius 3 is 2.67 bits per heavy atom. The third kappa shape index (κ3) is 3.93. The number of hydrogen-bond donors (Lipinski definition) is 2. The molecule has 1 aromatic heterocycles. The number of carbonyl (C=O) groups excluding carboxylic acids is 1. The van der Waals surface area contributed by atoms with E-state index < -0.39 is 0 Å². The number of anilines is 1. The van der Waals surface area contributed by atoms with E-state index in [1.807, 2.05) is 62.5 Å². The Balaban J connectivity index is 1.48. The van der Waals surface area contributed by atoms with Crippen molar-refractivity contribution < 1.29 is 4.79 Å². The first kappa shape index (κ1) is 16.1. The second kappa shape index (κ2) is 7.17. The van der Waals surface area contributed by atoms with Gasteiger partial charge in [0.15, 0.2) is 0 Å². The van der Waals surface area contributed by atoms with E-state index in [0.717, 1.165) is 35.4 Å². The average molecular weight is 322 g/mol. The number of nitrogens with zero attached hydrogens (tertiary/aromatic N) is 2. The zero-order valence-electron chi connectivity index (χ0n) is 14.0. The zero-order valence-corrected chi connectivity index (χ0v) is 14.0. The standard InChI is InChI=1S/C19H22N4O/c1-14-9-11-15(12-10-14)20-19(24)23(2)13-5-8-18-21-16-6-3-4-7-17(16)22-18/h3-4,6-7,9-12H,5,8,13H2,1-2H3,(H,20,24)(H,21,22). The maximum Gasteiger partial charge on any atom is 0.321 e. The van der Waals surface area contributed by atoms with Crippen molar-refractivity contribution >= 4 is 22.8 Å². The van der Waals surface area contributed by atoms with E-state index in [9.17, 15) is 4.79 Å². The minimum Gasteiger partial charge on any atom is -0.342 e. The largest absolute Gasteiger partial charge is 0.342 e. The fraction of sp³-hybridized carbons (Fsp3) is 0.263. The number of nitrogens with one attached hydrogen (secondary N) is 2. The molecule has 0 fully saturated rings. The van der Waals surface area contributed by atoms with E-state index in [1.165, 1.54) is 5.56 Å². The molecule has 0 aliphatic carbocycles. The highest BCUT2D eigenvalue weighted by Crippen LogP contribution is 2.12. The molecule has 0 saturated heterocycles. The van der Waals surface area contributed by atoms with E-state index in [0.29, 0.717) is 6.54 Å². The van der Waals surface area contributed by atoms with Crippen molar-refractivity contribution in [1.82, 2.24) is 14.9 Å². The zero-order chi connectivity index (χ0) is 16.9. The molecule has 0 aliphatic rings. The molecule has 24 heavy (non-hydrogen) atoms. The Bertz CT molecular complexity index is 790. The number of aromatic amines is 1. The second-order valence-corrected chi connectivity index (χ2v) is 6.02. The van der Waals surface area contributed by atoms with Gasteiger partial charge in [0, 0.05) is 25.7 Å². The van der Waals surface area contributed by atoms with E-state index in [-0.39, 0.29) is 6.03 Å². The number of fused-ring (bicyclic) bond motifs is 1. The molecule has 2 N–H and O–H groups in total. The Hall–Kier alpha value is -2.82. The lowest BCUT2D eigenvalue weighted by Gasteiger charge is -2.17. The van der Waals surface area contributed by atoms with Crippen LogP contribution in [-0.4, -0.2) is 34.5 Å². The molecule has 5 heteroatoms. The summed E-state index contributed by atoms with van der Waals surface area (Å²) in [6.07, 6.45) is 1.68. The number of benzene rings is 2. The molecule has 0 radical (unpaired) electrons. The summed E-state index contributed by atoms with van der Waals surface area (Å²) >= 11 is 0. The summed E-state index contributed by atoms with van der Waals surface area (Å²) < 4.78 is 0. The van der Waals surface area contributed by atoms with Gasteiger partial charge in [0.25, 0.3) is 0 Å². The van der Waals surface area contributed by atoms with Gasteiger partial charge in [0.05, 0.1) is 11.0 Å². The highest BCUT2D eigenvalue weighted by molar-refractivity contribution is 5.89. The smallest absolute Gasteiger partial charge is 0.321 e. The molecule has 1 heterocycles. The van der Waals surface area contributed by atoms with E-state index in [1.54, 1.807) is 4.90 Å². The summed E-state index contributed by atoms with van der Waals surface area (Å²) in [6, 6.07) is 15.7. The maximum atomic E-state index is 12.2. The predicted octanol–water partition coefficient (Wildman–Crippen LogP) is 3.97. The fourth-order valence-corrected chi connectivity index (χ4v) is 2.57. The van der Waals surface area contributed by atoms with Crippen molar-refractivity contribution in [1.29, 1.82) is 0 Å². The summed E-state index contributed by atoms with van der Waals surface area (Å²) in [4.78, 5) is 21.7. The van der Waals surface area contributed by atoms with Crippen LogP contribution < -0.4 is 5.32 Å². The van der Waals surface area contributed by atoms with Gasteiger partial charge >= 0.3 is 6.03 Å². The highest BCUT2D eigenvalue weighted by Gasteiger charge is 2.09. The number of H-pyrrole nitrogens is 1. The number of amides is 2. The molecule has 3 aromatic rings. The van der Waals surface area contributed by atoms with Crippen molar-refractivity contribution in [2.75, 3.05) is 18.9 Å². The number of para-hydroxylation sites is 2. The third-order valence-electron chi connectivity index (χ3n) is 4.00. The fourth-order valence-electron chi connectivity index (χ4n) is 2.57. The summed E-state index contributed by atoms with van der Waals surface area (Å²) in [6.45, 7) is 2.70. The van der Waals surface area contributed by atoms with Gasteiger partial charge in [-0.05, 0) is 37.6 Å². The predicted molar refractivity (Wildman–Crippen MR) is 97.2 cm³/mol. The van der Waals surface area contributed by atoms with Crippen molar-refractivity contribution in [2.24, 2.45) is 0 Å². The molecule has 2 amide bonds. The van der Waals surface area contributed by atoms with Gasteiger partial charge in [-0.3, -0.25) is 0 Å². The number of imidazole rings is 1. The molecule has 0 atom stereocenters. The molecule has 0 saturated carbocycles. The van der Waals surface area contributed by atoms with Crippen LogP contribution in [0, 0.1) is 6.92 Å². The lowest BCUT2D eigenvalue weighted by atomic mass is 10.2. The van der Waals surface area contributed by atoms with Gasteiger partial charge in [-0.1, -0.05) is 29.8 Å². The van der Waals surface area contributed by atoms with Crippen LogP contribution in [0.1, 0.15) is 17.8 Å². The normalized spacial score (nSPS) is 10.8. The summed E-state index contributed by atoms with van der Waals surface area (Å²) in [5.74, 6) is 0.962. The van der Waals surface area contributed by atoms with E-state index in [2.05, 4.69) is 15.3 Å². The Morgan fingerprint density at radius 2 is 1.92 bits per heavy atom. The average Bonchev–Trinajstić information content (AvgIpc) is 2.99. The molecule has 0 bridgehead atoms. The lowest BCUT2D eigenvalue weighted by molar-refractivity contribution is 0.222. The molecule has 0 unspecified atom stereocenters. The Labute approximate surface area is 141 Å². The summed E-state index contributed by atoms with van der Waals surface area (Å²) in [5, 5.41) is 2.90. The van der Waals surface area contributed by atoms with Crippen LogP contribution in [0.4, 0.5) is 10.5 Å². The summed E-state index contributed by atoms with van der Waals surface area (Å²) in [7, 11) is 1.81. The SMILES string of the molecule is Cc1ccc(NC(=O)N(C)CCCc2nc3ccccc3[nH]2)cc1. The number of rotatable bonds is 5. The molecule has 2 aromatic carbocycles. The van der Waals surface area contributed by atoms with Crippen LogP contribution in [0.5, 0.6) is 0 Å². The molecule has 3 rings (SSSR count). The van der Waals surface area contributed by atoms with Gasteiger partial charge in [0.2, 0.25) is 0 Å². The number of aromatic nitrogens is 2. The first-order chi connectivity index (χ1) is 11.6. The van der Waals surface area contributed by atoms with Crippen LogP contribution in [0.25, 0.3) is 11.0 Å². The second-order valence-electron chi connectivity index (χ2n) is 6.02. The van der Waals surface area contributed by atoms with Gasteiger partial charge in [-0.25, -0.2) is 9.78 Å². The van der Waals surface area contributed by atoms with Crippen LogP contribution in [0.15, 0.2) is 48.5 Å². The first-order valence-electron chi connectivity index (χ1n) is 8.14. The van der Waals surface area contributed by atoms with E-state index >= 15 is 0 Å². The number of urea groups is 1. The monoisotopic (exact) mass is 322 g/mol. The van der Waals surface area contributed by atoms with Gasteiger partial charge in [-0.2, -0.15) is 0 Å². The minimum atomic E-state index is -0.0940. The maximum absolute atomic E-state index is 12.2. The molecular formula is C19H22N4O. The Kier molecular flexibility index (Phi) is 4.79. The number of carbonyl (C=O) groups is 1. The minimum absolute atomic E-state index is 0.0940. The van der Waals surface area contributed by atoms with Crippen molar-refractivity contribution in [3.63, 3.8) is 0 Å². The third-order valence-corrected chi connectivity index (χ3v) is 4.00. The van der Waals surface area contributed by atoms with Crippen molar-refractivity contribution in [3.8, 4) is 0 Å². The lowest BCUT2D eigenvalue weighted by Crippen LogP contribution is -2.32. The number of aryl methyl sites for hydroxylation is 2. The molecule has 5 nitrogen and oxygen atoms in total. The van der Waals surface area contributed by atoms with Crippen LogP contribution in [0.2, 0.25) is 0 Å². The van der Waals surface area contributed by atoms with Gasteiger partial charge in [-0.15, -0.1) is 0 Å². The molecule has 0 aliphatic heterocycles. The number of hydrogen-bond acceptors (Lipinski definition) is 2. The van der Waals surface area contributed by atoms with Crippen LogP contribution >= 0.6 is 0 Å². The van der Waals surface area contributed by atoms with Gasteiger partial charge < -0.3 is 15.2 Å². The Morgan fingerprint density at radius 1 is 1.17 bits per heavy atom.